The fraction of sp³-hybridized carbons (Fsp3) is 0.567. The Balaban J connectivity index is 1.76. The molecule has 2 unspecified atom stereocenters. The molecule has 0 radical (unpaired) electrons. The van der Waals surface area contributed by atoms with E-state index in [4.69, 9.17) is 16.3 Å². The standard InChI is InChI=1S/C30H39ClN2O5S/c1-5-7-10-16-38-29(37)24-23-13-14-30(39-23)25(24)27(35)33(20(18-34)17-19(3)4)26(30)28(36)32(15-6-2)22-12-9-8-11-21(22)31/h5-6,8-9,11-12,19-20,23-26,34H,1-2,7,10,13-18H2,3-4H3/t20-,23+,24-,25+,26?,30?/m1/s1. The maximum Gasteiger partial charge on any atom is 0.310 e. The van der Waals surface area contributed by atoms with Gasteiger partial charge >= 0.3 is 5.97 Å². The van der Waals surface area contributed by atoms with Gasteiger partial charge in [-0.2, -0.15) is 0 Å². The Morgan fingerprint density at radius 2 is 2.05 bits per heavy atom. The summed E-state index contributed by atoms with van der Waals surface area (Å²) in [5.74, 6) is -2.00. The van der Waals surface area contributed by atoms with Crippen LogP contribution in [-0.4, -0.2) is 69.6 Å². The van der Waals surface area contributed by atoms with Gasteiger partial charge < -0.3 is 19.6 Å². The number of carbonyl (C=O) groups is 3. The van der Waals surface area contributed by atoms with E-state index >= 15 is 0 Å². The topological polar surface area (TPSA) is 87.2 Å². The third-order valence-corrected chi connectivity index (χ3v) is 10.4. The van der Waals surface area contributed by atoms with Crippen LogP contribution in [-0.2, 0) is 19.1 Å². The number of fused-ring (bicyclic) bond motifs is 1. The summed E-state index contributed by atoms with van der Waals surface area (Å²) in [6.45, 7) is 11.8. The van der Waals surface area contributed by atoms with Crippen LogP contribution in [0.3, 0.4) is 0 Å². The van der Waals surface area contributed by atoms with Crippen molar-refractivity contribution in [3.05, 3.63) is 54.6 Å². The van der Waals surface area contributed by atoms with E-state index in [1.165, 1.54) is 0 Å². The Labute approximate surface area is 240 Å². The molecule has 1 aromatic rings. The van der Waals surface area contributed by atoms with E-state index in [0.29, 0.717) is 30.0 Å². The molecule has 3 heterocycles. The fourth-order valence-corrected chi connectivity index (χ4v) is 9.03. The lowest BCUT2D eigenvalue weighted by molar-refractivity contribution is -0.154. The van der Waals surface area contributed by atoms with Gasteiger partial charge in [0.05, 0.1) is 46.5 Å². The van der Waals surface area contributed by atoms with Crippen molar-refractivity contribution < 1.29 is 24.2 Å². The smallest absolute Gasteiger partial charge is 0.310 e. The average Bonchev–Trinajstić information content (AvgIpc) is 3.56. The highest BCUT2D eigenvalue weighted by molar-refractivity contribution is 8.02. The van der Waals surface area contributed by atoms with Crippen LogP contribution in [0.15, 0.2) is 49.6 Å². The number of carbonyl (C=O) groups excluding carboxylic acids is 3. The van der Waals surface area contributed by atoms with Crippen molar-refractivity contribution in [3.63, 3.8) is 0 Å². The predicted octanol–water partition coefficient (Wildman–Crippen LogP) is 4.87. The largest absolute Gasteiger partial charge is 0.465 e. The molecule has 4 rings (SSSR count). The number of ether oxygens (including phenoxy) is 1. The lowest BCUT2D eigenvalue weighted by Crippen LogP contribution is -2.58. The summed E-state index contributed by atoms with van der Waals surface area (Å²) in [4.78, 5) is 45.5. The molecule has 3 fully saturated rings. The molecule has 1 aromatic carbocycles. The minimum Gasteiger partial charge on any atom is -0.465 e. The summed E-state index contributed by atoms with van der Waals surface area (Å²) in [5.41, 5.74) is 0.538. The average molecular weight is 575 g/mol. The van der Waals surface area contributed by atoms with E-state index < -0.39 is 28.7 Å². The van der Waals surface area contributed by atoms with Crippen LogP contribution >= 0.6 is 23.4 Å². The van der Waals surface area contributed by atoms with E-state index in [2.05, 4.69) is 13.2 Å². The first-order chi connectivity index (χ1) is 18.7. The molecular weight excluding hydrogens is 536 g/mol. The molecule has 6 atom stereocenters. The van der Waals surface area contributed by atoms with E-state index in [0.717, 1.165) is 12.8 Å². The Hall–Kier alpha value is -2.29. The number of likely N-dealkylation sites (tertiary alicyclic amines) is 1. The monoisotopic (exact) mass is 574 g/mol. The SMILES string of the molecule is C=CCCCOC(=O)[C@@H]1[C@@H]2CCC3(S2)C(C(=O)N(CC=C)c2ccccc2Cl)N([C@@H](CO)CC(C)C)C(=O)[C@H]13. The zero-order valence-corrected chi connectivity index (χ0v) is 24.3. The molecular formula is C30H39ClN2O5S. The second-order valence-corrected chi connectivity index (χ2v) is 13.1. The Morgan fingerprint density at radius 3 is 2.69 bits per heavy atom. The lowest BCUT2D eigenvalue weighted by Gasteiger charge is -2.40. The molecule has 0 saturated carbocycles. The van der Waals surface area contributed by atoms with Crippen LogP contribution in [0.25, 0.3) is 0 Å². The molecule has 7 nitrogen and oxygen atoms in total. The van der Waals surface area contributed by atoms with E-state index in [-0.39, 0.29) is 48.7 Å². The third-order valence-electron chi connectivity index (χ3n) is 8.11. The number of allylic oxidation sites excluding steroid dienone is 1. The lowest BCUT2D eigenvalue weighted by atomic mass is 9.71. The molecule has 9 heteroatoms. The highest BCUT2D eigenvalue weighted by Crippen LogP contribution is 2.67. The summed E-state index contributed by atoms with van der Waals surface area (Å²) in [6, 6.07) is 5.71. The number of esters is 1. The number of aliphatic hydroxyl groups is 1. The van der Waals surface area contributed by atoms with Gasteiger partial charge in [0.25, 0.3) is 5.91 Å². The van der Waals surface area contributed by atoms with Gasteiger partial charge in [-0.25, -0.2) is 0 Å². The summed E-state index contributed by atoms with van der Waals surface area (Å²) >= 11 is 8.12. The van der Waals surface area contributed by atoms with Gasteiger partial charge in [0.2, 0.25) is 5.91 Å². The predicted molar refractivity (Wildman–Crippen MR) is 156 cm³/mol. The van der Waals surface area contributed by atoms with Gasteiger partial charge in [-0.05, 0) is 50.2 Å². The van der Waals surface area contributed by atoms with Crippen molar-refractivity contribution in [2.45, 2.75) is 68.0 Å². The normalized spacial score (nSPS) is 27.9. The maximum absolute atomic E-state index is 14.6. The zero-order valence-electron chi connectivity index (χ0n) is 22.8. The number of hydrogen-bond donors (Lipinski definition) is 1. The van der Waals surface area contributed by atoms with Crippen molar-refractivity contribution in [1.29, 1.82) is 0 Å². The highest BCUT2D eigenvalue weighted by atomic mass is 35.5. The minimum atomic E-state index is -0.851. The molecule has 3 aliphatic rings. The number of nitrogens with zero attached hydrogens (tertiary/aromatic N) is 2. The van der Waals surface area contributed by atoms with Crippen LogP contribution < -0.4 is 4.90 Å². The van der Waals surface area contributed by atoms with Crippen LogP contribution in [0.4, 0.5) is 5.69 Å². The van der Waals surface area contributed by atoms with Gasteiger partial charge in [0, 0.05) is 11.8 Å². The second-order valence-electron chi connectivity index (χ2n) is 11.1. The summed E-state index contributed by atoms with van der Waals surface area (Å²) < 4.78 is 4.86. The number of benzene rings is 1. The van der Waals surface area contributed by atoms with Crippen molar-refractivity contribution in [2.75, 3.05) is 24.7 Å². The fourth-order valence-electron chi connectivity index (χ4n) is 6.60. The number of amides is 2. The van der Waals surface area contributed by atoms with Gasteiger partial charge in [0.15, 0.2) is 0 Å². The zero-order chi connectivity index (χ0) is 28.3. The molecule has 2 bridgehead atoms. The van der Waals surface area contributed by atoms with E-state index in [1.807, 2.05) is 19.9 Å². The summed E-state index contributed by atoms with van der Waals surface area (Å²) in [5, 5.41) is 10.8. The number of anilines is 1. The highest BCUT2D eigenvalue weighted by Gasteiger charge is 2.74. The number of halogens is 1. The summed E-state index contributed by atoms with van der Waals surface area (Å²) in [6.07, 6.45) is 6.72. The van der Waals surface area contributed by atoms with Gasteiger partial charge in [-0.15, -0.1) is 24.9 Å². The Kier molecular flexibility index (Phi) is 9.50. The Morgan fingerprint density at radius 1 is 1.31 bits per heavy atom. The molecule has 39 heavy (non-hydrogen) atoms. The maximum atomic E-state index is 14.6. The molecule has 0 aliphatic carbocycles. The number of thioether (sulfide) groups is 1. The van der Waals surface area contributed by atoms with Crippen LogP contribution in [0.1, 0.15) is 46.0 Å². The molecule has 1 spiro atoms. The molecule has 0 aromatic heterocycles. The van der Waals surface area contributed by atoms with E-state index in [1.54, 1.807) is 51.9 Å². The van der Waals surface area contributed by atoms with Crippen molar-refractivity contribution >= 4 is 46.8 Å². The first-order valence-electron chi connectivity index (χ1n) is 13.8. The first-order valence-corrected chi connectivity index (χ1v) is 15.0. The van der Waals surface area contributed by atoms with Crippen molar-refractivity contribution in [1.82, 2.24) is 4.90 Å². The van der Waals surface area contributed by atoms with Gasteiger partial charge in [-0.1, -0.05) is 49.7 Å². The molecule has 1 N–H and O–H groups in total. The number of rotatable bonds is 13. The summed E-state index contributed by atoms with van der Waals surface area (Å²) in [7, 11) is 0. The number of hydrogen-bond acceptors (Lipinski definition) is 6. The van der Waals surface area contributed by atoms with Crippen LogP contribution in [0, 0.1) is 17.8 Å². The number of aliphatic hydroxyl groups excluding tert-OH is 1. The minimum absolute atomic E-state index is 0.0888. The third kappa shape index (κ3) is 5.40. The second kappa shape index (κ2) is 12.5. The first kappa shape index (κ1) is 29.7. The molecule has 3 saturated heterocycles. The van der Waals surface area contributed by atoms with Gasteiger partial charge in [-0.3, -0.25) is 14.4 Å². The molecule has 2 amide bonds. The number of para-hydroxylation sites is 1. The van der Waals surface area contributed by atoms with Crippen LogP contribution in [0.2, 0.25) is 5.02 Å². The molecule has 3 aliphatic heterocycles. The van der Waals surface area contributed by atoms with Crippen molar-refractivity contribution in [3.8, 4) is 0 Å². The van der Waals surface area contributed by atoms with Crippen molar-refractivity contribution in [2.24, 2.45) is 17.8 Å². The molecule has 212 valence electrons. The van der Waals surface area contributed by atoms with Crippen LogP contribution in [0.5, 0.6) is 0 Å². The number of unbranched alkanes of at least 4 members (excludes halogenated alkanes) is 1. The van der Waals surface area contributed by atoms with E-state index in [9.17, 15) is 19.5 Å². The quantitative estimate of drug-likeness (QED) is 0.205. The van der Waals surface area contributed by atoms with Gasteiger partial charge in [0.1, 0.15) is 6.04 Å². The Bertz CT molecular complexity index is 1110.